The van der Waals surface area contributed by atoms with E-state index in [-0.39, 0.29) is 57.5 Å². The predicted octanol–water partition coefficient (Wildman–Crippen LogP) is 5.95. The molecule has 11 nitrogen and oxygen atoms in total. The lowest BCUT2D eigenvalue weighted by Crippen LogP contribution is -2.33. The van der Waals surface area contributed by atoms with Crippen molar-refractivity contribution in [3.8, 4) is 34.5 Å². The second-order valence-electron chi connectivity index (χ2n) is 9.70. The largest absolute Gasteiger partial charge is 0.493 e. The molecule has 0 aliphatic rings. The van der Waals surface area contributed by atoms with Gasteiger partial charge in [0.05, 0.1) is 17.7 Å². The number of benzene rings is 3. The predicted molar refractivity (Wildman–Crippen MR) is 153 cm³/mol. The van der Waals surface area contributed by atoms with E-state index in [0.29, 0.717) is 10.3 Å². The minimum atomic E-state index is -5.37. The first-order chi connectivity index (χ1) is 22.7. The number of alkyl halides is 6. The minimum absolute atomic E-state index is 0.00849. The van der Waals surface area contributed by atoms with Crippen molar-refractivity contribution in [2.75, 3.05) is 6.61 Å². The maximum Gasteiger partial charge on any atom is 0.493 e. The molecule has 0 bridgehead atoms. The fourth-order valence-electron chi connectivity index (χ4n) is 4.18. The molecule has 2 N–H and O–H groups in total. The van der Waals surface area contributed by atoms with Gasteiger partial charge in [0.15, 0.2) is 17.3 Å². The van der Waals surface area contributed by atoms with Crippen LogP contribution in [0.2, 0.25) is 0 Å². The molecule has 17 heteroatoms. The molecule has 0 aliphatic carbocycles. The highest BCUT2D eigenvalue weighted by Crippen LogP contribution is 2.40. The summed E-state index contributed by atoms with van der Waals surface area (Å²) in [5.41, 5.74) is 5.77. The Labute approximate surface area is 265 Å². The van der Waals surface area contributed by atoms with Gasteiger partial charge in [-0.05, 0) is 42.0 Å². The van der Waals surface area contributed by atoms with Gasteiger partial charge >= 0.3 is 24.3 Å². The van der Waals surface area contributed by atoms with Crippen molar-refractivity contribution in [2.24, 2.45) is 5.73 Å². The number of imidazole rings is 1. The molecule has 5 aromatic rings. The maximum absolute atomic E-state index is 13.3. The fourth-order valence-corrected chi connectivity index (χ4v) is 4.18. The number of ether oxygens (including phenoxy) is 3. The summed E-state index contributed by atoms with van der Waals surface area (Å²) in [6, 6.07) is 18.6. The van der Waals surface area contributed by atoms with E-state index in [4.69, 9.17) is 20.0 Å². The highest BCUT2D eigenvalue weighted by Gasteiger charge is 2.43. The van der Waals surface area contributed by atoms with Crippen LogP contribution >= 0.6 is 0 Å². The Hall–Kier alpha value is -6.13. The van der Waals surface area contributed by atoms with Crippen LogP contribution in [0.25, 0.3) is 22.6 Å². The Morgan fingerprint density at radius 1 is 0.771 bits per heavy atom. The third-order valence-corrected chi connectivity index (χ3v) is 6.36. The number of hydrogen-bond acceptors (Lipinski definition) is 9. The molecule has 5 rings (SSSR count). The second-order valence-corrected chi connectivity index (χ2v) is 9.70. The van der Waals surface area contributed by atoms with Gasteiger partial charge < -0.3 is 24.8 Å². The summed E-state index contributed by atoms with van der Waals surface area (Å²) in [6.07, 6.45) is -9.22. The van der Waals surface area contributed by atoms with Gasteiger partial charge in [-0.3, -0.25) is 9.78 Å². The van der Waals surface area contributed by atoms with Crippen LogP contribution in [-0.4, -0.2) is 51.5 Å². The maximum atomic E-state index is 13.3. The molecule has 0 aliphatic heterocycles. The molecule has 0 fully saturated rings. The lowest BCUT2D eigenvalue weighted by Gasteiger charge is -2.15. The van der Waals surface area contributed by atoms with Gasteiger partial charge in [0, 0.05) is 24.8 Å². The minimum Gasteiger partial charge on any atom is -0.459 e. The van der Waals surface area contributed by atoms with Crippen LogP contribution in [-0.2, 0) is 20.7 Å². The van der Waals surface area contributed by atoms with Gasteiger partial charge in [0.25, 0.3) is 5.91 Å². The summed E-state index contributed by atoms with van der Waals surface area (Å²) in [5.74, 6) is -6.13. The van der Waals surface area contributed by atoms with E-state index in [1.54, 1.807) is 12.1 Å². The first kappa shape index (κ1) is 33.2. The van der Waals surface area contributed by atoms with Crippen molar-refractivity contribution in [3.05, 3.63) is 96.2 Å². The monoisotopic (exact) mass is 674 g/mol. The van der Waals surface area contributed by atoms with Gasteiger partial charge in [-0.1, -0.05) is 30.3 Å². The molecule has 0 atom stereocenters. The summed E-state index contributed by atoms with van der Waals surface area (Å²) >= 11 is 0. The lowest BCUT2D eigenvalue weighted by atomic mass is 10.1. The standard InChI is InChI=1S/C31H20F6N4O7/c32-30(33,34)28(43)45-14-12-17-8-10-18(11-9-17)46-25-16-22-21(15-24(25)47-23-7-2-1-5-19(23)26(38)42)40-27(20-6-3-4-13-39-20)41(22)48-29(44)31(35,36)37/h1-11,13,15-16H,12,14H2,(H2,38,42). The van der Waals surface area contributed by atoms with E-state index in [0.717, 1.165) is 0 Å². The number of fused-ring (bicyclic) bond motifs is 1. The van der Waals surface area contributed by atoms with Crippen LogP contribution < -0.4 is 20.0 Å². The lowest BCUT2D eigenvalue weighted by molar-refractivity contribution is -0.199. The number of carbonyl (C=O) groups excluding carboxylic acids is 3. The molecule has 1 amide bonds. The van der Waals surface area contributed by atoms with Crippen molar-refractivity contribution in [1.29, 1.82) is 0 Å². The smallest absolute Gasteiger partial charge is 0.459 e. The number of para-hydroxylation sites is 1. The van der Waals surface area contributed by atoms with E-state index in [1.807, 2.05) is 0 Å². The van der Waals surface area contributed by atoms with Crippen LogP contribution in [0.3, 0.4) is 0 Å². The Morgan fingerprint density at radius 2 is 1.44 bits per heavy atom. The summed E-state index contributed by atoms with van der Waals surface area (Å²) in [4.78, 5) is 48.0. The third kappa shape index (κ3) is 7.63. The fraction of sp³-hybridized carbons (Fsp3) is 0.129. The highest BCUT2D eigenvalue weighted by molar-refractivity contribution is 5.95. The number of rotatable bonds is 10. The van der Waals surface area contributed by atoms with Crippen molar-refractivity contribution < 1.29 is 59.8 Å². The Morgan fingerprint density at radius 3 is 2.08 bits per heavy atom. The summed E-state index contributed by atoms with van der Waals surface area (Å²) < 4.78 is 93.7. The average Bonchev–Trinajstić information content (AvgIpc) is 3.38. The Kier molecular flexibility index (Phi) is 9.22. The summed E-state index contributed by atoms with van der Waals surface area (Å²) in [6.45, 7) is -0.550. The normalized spacial score (nSPS) is 11.6. The molecule has 2 aromatic heterocycles. The number of pyridine rings is 1. The number of nitrogens with zero attached hydrogens (tertiary/aromatic N) is 3. The van der Waals surface area contributed by atoms with Crippen molar-refractivity contribution in [1.82, 2.24) is 14.7 Å². The van der Waals surface area contributed by atoms with Crippen LogP contribution in [0, 0.1) is 0 Å². The Bertz CT molecular complexity index is 1980. The molecule has 48 heavy (non-hydrogen) atoms. The quantitative estimate of drug-likeness (QED) is 0.140. The number of primary amides is 1. The number of esters is 1. The van der Waals surface area contributed by atoms with Gasteiger partial charge in [0.2, 0.25) is 0 Å². The zero-order chi connectivity index (χ0) is 34.6. The van der Waals surface area contributed by atoms with E-state index in [9.17, 15) is 40.7 Å². The van der Waals surface area contributed by atoms with Crippen LogP contribution in [0.1, 0.15) is 15.9 Å². The van der Waals surface area contributed by atoms with Crippen molar-refractivity contribution in [3.63, 3.8) is 0 Å². The van der Waals surface area contributed by atoms with E-state index >= 15 is 0 Å². The number of hydrogen-bond donors (Lipinski definition) is 1. The second kappa shape index (κ2) is 13.3. The molecule has 0 saturated carbocycles. The van der Waals surface area contributed by atoms with Crippen LogP contribution in [0.4, 0.5) is 26.3 Å². The van der Waals surface area contributed by atoms with Crippen molar-refractivity contribution >= 4 is 28.9 Å². The van der Waals surface area contributed by atoms with E-state index in [1.165, 1.54) is 72.9 Å². The first-order valence-electron chi connectivity index (χ1n) is 13.6. The van der Waals surface area contributed by atoms with E-state index in [2.05, 4.69) is 14.7 Å². The molecular weight excluding hydrogens is 654 g/mol. The third-order valence-electron chi connectivity index (χ3n) is 6.36. The SMILES string of the molecule is NC(=O)c1ccccc1Oc1cc2nc(-c3ccccn3)n(OC(=O)C(F)(F)F)c2cc1Oc1ccc(CCOC(=O)C(F)(F)F)cc1. The zero-order valence-corrected chi connectivity index (χ0v) is 24.0. The highest BCUT2D eigenvalue weighted by atomic mass is 19.4. The van der Waals surface area contributed by atoms with E-state index < -0.39 is 36.8 Å². The molecule has 0 spiro atoms. The average molecular weight is 675 g/mol. The molecule has 0 radical (unpaired) electrons. The zero-order valence-electron chi connectivity index (χ0n) is 24.0. The van der Waals surface area contributed by atoms with Crippen LogP contribution in [0.15, 0.2) is 85.1 Å². The molecule has 0 saturated heterocycles. The number of halogens is 6. The topological polar surface area (TPSA) is 145 Å². The van der Waals surface area contributed by atoms with Gasteiger partial charge in [-0.25, -0.2) is 14.6 Å². The Balaban J connectivity index is 1.56. The molecule has 0 unspecified atom stereocenters. The number of amides is 1. The van der Waals surface area contributed by atoms with Gasteiger partial charge in [0.1, 0.15) is 22.7 Å². The first-order valence-corrected chi connectivity index (χ1v) is 13.6. The van der Waals surface area contributed by atoms with Gasteiger partial charge in [-0.15, -0.1) is 0 Å². The van der Waals surface area contributed by atoms with Crippen molar-refractivity contribution in [2.45, 2.75) is 18.8 Å². The molecule has 3 aromatic carbocycles. The molecule has 2 heterocycles. The molecular formula is C31H20F6N4O7. The number of carbonyl (C=O) groups is 3. The number of aromatic nitrogens is 3. The van der Waals surface area contributed by atoms with Crippen LogP contribution in [0.5, 0.6) is 23.0 Å². The summed E-state index contributed by atoms with van der Waals surface area (Å²) in [5, 5.41) is 0. The molecule has 248 valence electrons. The summed E-state index contributed by atoms with van der Waals surface area (Å²) in [7, 11) is 0. The van der Waals surface area contributed by atoms with Gasteiger partial charge in [-0.2, -0.15) is 31.1 Å². The number of nitrogens with two attached hydrogens (primary N) is 1.